The van der Waals surface area contributed by atoms with Gasteiger partial charge in [-0.1, -0.05) is 0 Å². The third kappa shape index (κ3) is 0.980. The first-order chi connectivity index (χ1) is 5.36. The number of H-pyrrole nitrogens is 1. The van der Waals surface area contributed by atoms with Crippen molar-refractivity contribution in [2.75, 3.05) is 0 Å². The molecule has 4 nitrogen and oxygen atoms in total. The van der Waals surface area contributed by atoms with Crippen LogP contribution < -0.4 is 5.49 Å². The molecule has 0 spiro atoms. The zero-order valence-corrected chi connectivity index (χ0v) is 5.70. The van der Waals surface area contributed by atoms with Crippen LogP contribution >= 0.6 is 0 Å². The third-order valence-electron chi connectivity index (χ3n) is 1.42. The molecule has 0 bridgehead atoms. The Bertz CT molecular complexity index is 392. The van der Waals surface area contributed by atoms with Gasteiger partial charge in [0.15, 0.2) is 0 Å². The van der Waals surface area contributed by atoms with Crippen molar-refractivity contribution in [1.29, 1.82) is 5.41 Å². The highest BCUT2D eigenvalue weighted by molar-refractivity contribution is 5.52. The van der Waals surface area contributed by atoms with Gasteiger partial charge in [-0.3, -0.25) is 5.41 Å². The average Bonchev–Trinajstić information content (AvgIpc) is 2.04. The fourth-order valence-corrected chi connectivity index (χ4v) is 0.906. The van der Waals surface area contributed by atoms with Gasteiger partial charge in [-0.15, -0.1) is 0 Å². The van der Waals surface area contributed by atoms with E-state index in [0.717, 1.165) is 5.56 Å². The first-order valence-corrected chi connectivity index (χ1v) is 3.20. The molecule has 2 aliphatic heterocycles. The van der Waals surface area contributed by atoms with Crippen LogP contribution in [0.4, 0.5) is 0 Å². The summed E-state index contributed by atoms with van der Waals surface area (Å²) in [4.78, 5) is 10.7. The highest BCUT2D eigenvalue weighted by Gasteiger charge is 1.99. The largest absolute Gasteiger partial charge is 0.330 e. The van der Waals surface area contributed by atoms with Gasteiger partial charge >= 0.3 is 0 Å². The van der Waals surface area contributed by atoms with E-state index in [1.165, 1.54) is 0 Å². The van der Waals surface area contributed by atoms with Gasteiger partial charge in [-0.05, 0) is 12.1 Å². The van der Waals surface area contributed by atoms with Crippen LogP contribution in [-0.4, -0.2) is 15.0 Å². The number of aromatic amines is 1. The molecule has 0 radical (unpaired) electrons. The van der Waals surface area contributed by atoms with E-state index in [2.05, 4.69) is 15.0 Å². The summed E-state index contributed by atoms with van der Waals surface area (Å²) in [6.45, 7) is 0. The van der Waals surface area contributed by atoms with E-state index in [4.69, 9.17) is 5.41 Å². The molecule has 0 saturated heterocycles. The maximum atomic E-state index is 7.23. The number of aromatic nitrogens is 3. The smallest absolute Gasteiger partial charge is 0.146 e. The summed E-state index contributed by atoms with van der Waals surface area (Å²) in [5.74, 6) is 0.701. The van der Waals surface area contributed by atoms with Gasteiger partial charge in [0.25, 0.3) is 0 Å². The van der Waals surface area contributed by atoms with E-state index in [0.29, 0.717) is 5.82 Å². The minimum atomic E-state index is 0.264. The lowest BCUT2D eigenvalue weighted by molar-refractivity contribution is 1.03. The lowest BCUT2D eigenvalue weighted by Gasteiger charge is -1.99. The van der Waals surface area contributed by atoms with Gasteiger partial charge < -0.3 is 4.98 Å². The Kier molecular flexibility index (Phi) is 1.18. The number of nitrogens with zero attached hydrogens (tertiary/aromatic N) is 2. The molecule has 2 N–H and O–H groups in total. The summed E-state index contributed by atoms with van der Waals surface area (Å²) in [5, 5.41) is 7.23. The van der Waals surface area contributed by atoms with E-state index >= 15 is 0 Å². The Hall–Kier alpha value is -1.71. The Labute approximate surface area is 62.8 Å². The fourth-order valence-electron chi connectivity index (χ4n) is 0.906. The molecule has 0 unspecified atom stereocenters. The van der Waals surface area contributed by atoms with Crippen LogP contribution in [0, 0.1) is 5.41 Å². The molecule has 0 saturated carbocycles. The monoisotopic (exact) mass is 146 g/mol. The number of nitrogens with one attached hydrogen (secondary N) is 2. The Morgan fingerprint density at radius 3 is 3.18 bits per heavy atom. The van der Waals surface area contributed by atoms with Crippen LogP contribution in [0.15, 0.2) is 24.7 Å². The van der Waals surface area contributed by atoms with Crippen molar-refractivity contribution in [3.8, 4) is 11.4 Å². The molecule has 54 valence electrons. The molecular weight excluding hydrogens is 140 g/mol. The van der Waals surface area contributed by atoms with Crippen molar-refractivity contribution in [1.82, 2.24) is 15.0 Å². The first kappa shape index (κ1) is 6.03. The molecule has 0 fully saturated rings. The zero-order chi connectivity index (χ0) is 7.68. The summed E-state index contributed by atoms with van der Waals surface area (Å²) >= 11 is 0. The standard InChI is InChI=1S/C7H6N4/c8-6-2-1-5-3-9-4-10-7(5)11-6/h1-4H,(H2,8,9,10,11). The van der Waals surface area contributed by atoms with Gasteiger partial charge in [-0.25, -0.2) is 9.97 Å². The van der Waals surface area contributed by atoms with E-state index in [1.807, 2.05) is 6.07 Å². The highest BCUT2D eigenvalue weighted by Crippen LogP contribution is 2.09. The molecule has 2 heterocycles. The second-order valence-electron chi connectivity index (χ2n) is 2.19. The van der Waals surface area contributed by atoms with Gasteiger partial charge in [0, 0.05) is 11.8 Å². The number of pyridine rings is 1. The molecule has 0 atom stereocenters. The number of hydrogen-bond acceptors (Lipinski definition) is 3. The molecule has 0 aromatic carbocycles. The van der Waals surface area contributed by atoms with Crippen molar-refractivity contribution >= 4 is 0 Å². The molecule has 0 aromatic rings. The van der Waals surface area contributed by atoms with Crippen molar-refractivity contribution in [3.63, 3.8) is 0 Å². The molecular formula is C7H6N4. The second-order valence-corrected chi connectivity index (χ2v) is 2.19. The van der Waals surface area contributed by atoms with Crippen LogP contribution in [0.5, 0.6) is 0 Å². The van der Waals surface area contributed by atoms with Crippen LogP contribution in [-0.2, 0) is 0 Å². The first-order valence-electron chi connectivity index (χ1n) is 3.20. The fraction of sp³-hybridized carbons (Fsp3) is 0. The van der Waals surface area contributed by atoms with Crippen LogP contribution in [0.2, 0.25) is 0 Å². The Balaban J connectivity index is 2.84. The third-order valence-corrected chi connectivity index (χ3v) is 1.42. The molecule has 0 amide bonds. The van der Waals surface area contributed by atoms with Gasteiger partial charge in [0.2, 0.25) is 0 Å². The lowest BCUT2D eigenvalue weighted by atomic mass is 10.2. The summed E-state index contributed by atoms with van der Waals surface area (Å²) in [5.41, 5.74) is 1.18. The Morgan fingerprint density at radius 2 is 2.27 bits per heavy atom. The van der Waals surface area contributed by atoms with Crippen LogP contribution in [0.1, 0.15) is 0 Å². The molecule has 2 aliphatic rings. The normalized spacial score (nSPS) is 10.2. The summed E-state index contributed by atoms with van der Waals surface area (Å²) in [6, 6.07) is 3.45. The molecule has 11 heavy (non-hydrogen) atoms. The predicted molar refractivity (Wildman–Crippen MR) is 38.9 cm³/mol. The maximum Gasteiger partial charge on any atom is 0.146 e. The van der Waals surface area contributed by atoms with Crippen molar-refractivity contribution in [2.24, 2.45) is 0 Å². The molecule has 4 heteroatoms. The number of hydrogen-bond donors (Lipinski definition) is 2. The second kappa shape index (κ2) is 2.16. The van der Waals surface area contributed by atoms with Crippen molar-refractivity contribution in [3.05, 3.63) is 30.1 Å². The van der Waals surface area contributed by atoms with E-state index in [9.17, 15) is 0 Å². The SMILES string of the molecule is N=c1ccc2cnc[nH]c-2n1. The highest BCUT2D eigenvalue weighted by atomic mass is 14.9. The minimum absolute atomic E-state index is 0.264. The average molecular weight is 146 g/mol. The summed E-state index contributed by atoms with van der Waals surface area (Å²) in [6.07, 6.45) is 3.26. The molecule has 0 aliphatic carbocycles. The van der Waals surface area contributed by atoms with Crippen molar-refractivity contribution in [2.45, 2.75) is 0 Å². The number of fused-ring (bicyclic) bond motifs is 1. The van der Waals surface area contributed by atoms with Gasteiger partial charge in [-0.2, -0.15) is 0 Å². The van der Waals surface area contributed by atoms with Gasteiger partial charge in [0.1, 0.15) is 11.3 Å². The predicted octanol–water partition coefficient (Wildman–Crippen LogP) is 0.389. The quantitative estimate of drug-likeness (QED) is 0.564. The number of rotatable bonds is 0. The van der Waals surface area contributed by atoms with Crippen molar-refractivity contribution < 1.29 is 0 Å². The van der Waals surface area contributed by atoms with Gasteiger partial charge in [0.05, 0.1) is 6.33 Å². The minimum Gasteiger partial charge on any atom is -0.330 e. The maximum absolute atomic E-state index is 7.23. The van der Waals surface area contributed by atoms with Crippen LogP contribution in [0.25, 0.3) is 11.4 Å². The van der Waals surface area contributed by atoms with Crippen LogP contribution in [0.3, 0.4) is 0 Å². The summed E-state index contributed by atoms with van der Waals surface area (Å²) in [7, 11) is 0. The topological polar surface area (TPSA) is 65.4 Å². The Morgan fingerprint density at radius 1 is 1.36 bits per heavy atom. The van der Waals surface area contributed by atoms with E-state index < -0.39 is 0 Å². The lowest BCUT2D eigenvalue weighted by Crippen LogP contribution is -2.07. The molecule has 2 rings (SSSR count). The van der Waals surface area contributed by atoms with E-state index in [-0.39, 0.29) is 5.49 Å². The summed E-state index contributed by atoms with van der Waals surface area (Å²) < 4.78 is 0. The van der Waals surface area contributed by atoms with E-state index in [1.54, 1.807) is 18.6 Å². The zero-order valence-electron chi connectivity index (χ0n) is 5.70. The molecule has 0 aromatic heterocycles.